The number of hydrogen-bond donors (Lipinski definition) is 1. The molecule has 0 saturated carbocycles. The molecule has 14 heavy (non-hydrogen) atoms. The summed E-state index contributed by atoms with van der Waals surface area (Å²) in [7, 11) is 0. The zero-order chi connectivity index (χ0) is 10.4. The molecule has 1 amide bonds. The first-order valence-corrected chi connectivity index (χ1v) is 5.19. The van der Waals surface area contributed by atoms with Crippen molar-refractivity contribution in [2.45, 2.75) is 39.2 Å². The van der Waals surface area contributed by atoms with E-state index in [2.05, 4.69) is 6.92 Å². The molecule has 0 radical (unpaired) electrons. The molecule has 1 aromatic rings. The van der Waals surface area contributed by atoms with Crippen molar-refractivity contribution in [2.24, 2.45) is 5.73 Å². The summed E-state index contributed by atoms with van der Waals surface area (Å²) in [4.78, 5) is 10.8. The Kier molecular flexibility index (Phi) is 4.23. The number of nitrogens with zero attached hydrogens (tertiary/aromatic N) is 1. The van der Waals surface area contributed by atoms with Crippen LogP contribution in [0.4, 0.5) is 0 Å². The minimum absolute atomic E-state index is 0.350. The standard InChI is InChI=1S/C11H18N2O/c1-2-3-4-5-7-13-8-6-10(9-13)11(12)14/h6,8-9H,2-5,7H2,1H3,(H2,12,14). The molecule has 0 saturated heterocycles. The Hall–Kier alpha value is -1.25. The first-order valence-electron chi connectivity index (χ1n) is 5.19. The molecule has 0 aromatic carbocycles. The van der Waals surface area contributed by atoms with Crippen molar-refractivity contribution in [2.75, 3.05) is 0 Å². The van der Waals surface area contributed by atoms with Crippen LogP contribution in [-0.4, -0.2) is 10.5 Å². The first kappa shape index (κ1) is 10.8. The molecule has 1 aromatic heterocycles. The van der Waals surface area contributed by atoms with Gasteiger partial charge in [-0.3, -0.25) is 4.79 Å². The predicted molar refractivity (Wildman–Crippen MR) is 57.1 cm³/mol. The first-order chi connectivity index (χ1) is 6.74. The quantitative estimate of drug-likeness (QED) is 0.693. The number of unbranched alkanes of at least 4 members (excludes halogenated alkanes) is 3. The van der Waals surface area contributed by atoms with Gasteiger partial charge in [-0.25, -0.2) is 0 Å². The number of amides is 1. The van der Waals surface area contributed by atoms with Gasteiger partial charge in [0.25, 0.3) is 0 Å². The summed E-state index contributed by atoms with van der Waals surface area (Å²) >= 11 is 0. The molecule has 0 spiro atoms. The summed E-state index contributed by atoms with van der Waals surface area (Å²) in [5.74, 6) is -0.350. The second kappa shape index (κ2) is 5.47. The summed E-state index contributed by atoms with van der Waals surface area (Å²) in [6.45, 7) is 3.17. The van der Waals surface area contributed by atoms with Crippen LogP contribution in [0.2, 0.25) is 0 Å². The van der Waals surface area contributed by atoms with Crippen LogP contribution >= 0.6 is 0 Å². The highest BCUT2D eigenvalue weighted by molar-refractivity contribution is 5.92. The van der Waals surface area contributed by atoms with Gasteiger partial charge < -0.3 is 10.3 Å². The lowest BCUT2D eigenvalue weighted by Crippen LogP contribution is -2.09. The van der Waals surface area contributed by atoms with Crippen molar-refractivity contribution >= 4 is 5.91 Å². The molecule has 1 heterocycles. The zero-order valence-electron chi connectivity index (χ0n) is 8.70. The van der Waals surface area contributed by atoms with Crippen molar-refractivity contribution in [1.29, 1.82) is 0 Å². The Bertz CT molecular complexity index is 291. The molecule has 0 unspecified atom stereocenters. The van der Waals surface area contributed by atoms with Gasteiger partial charge in [-0.05, 0) is 12.5 Å². The van der Waals surface area contributed by atoms with Gasteiger partial charge in [-0.2, -0.15) is 0 Å². The lowest BCUT2D eigenvalue weighted by atomic mass is 10.2. The van der Waals surface area contributed by atoms with Gasteiger partial charge in [-0.1, -0.05) is 26.2 Å². The Morgan fingerprint density at radius 2 is 2.21 bits per heavy atom. The van der Waals surface area contributed by atoms with Crippen molar-refractivity contribution in [3.8, 4) is 0 Å². The highest BCUT2D eigenvalue weighted by Crippen LogP contribution is 2.04. The Labute approximate surface area is 84.9 Å². The smallest absolute Gasteiger partial charge is 0.250 e. The van der Waals surface area contributed by atoms with E-state index in [0.717, 1.165) is 6.54 Å². The van der Waals surface area contributed by atoms with Crippen LogP contribution < -0.4 is 5.73 Å². The van der Waals surface area contributed by atoms with Crippen molar-refractivity contribution in [3.05, 3.63) is 24.0 Å². The molecule has 3 nitrogen and oxygen atoms in total. The summed E-state index contributed by atoms with van der Waals surface area (Å²) in [6, 6.07) is 1.77. The van der Waals surface area contributed by atoms with E-state index in [1.165, 1.54) is 25.7 Å². The number of primary amides is 1. The fourth-order valence-electron chi connectivity index (χ4n) is 1.45. The number of aromatic nitrogens is 1. The summed E-state index contributed by atoms with van der Waals surface area (Å²) in [5.41, 5.74) is 5.75. The molecule has 3 heteroatoms. The molecule has 0 bridgehead atoms. The molecule has 78 valence electrons. The third kappa shape index (κ3) is 3.24. The maximum atomic E-state index is 10.8. The average molecular weight is 194 g/mol. The van der Waals surface area contributed by atoms with E-state index in [-0.39, 0.29) is 5.91 Å². The fourth-order valence-corrected chi connectivity index (χ4v) is 1.45. The highest BCUT2D eigenvalue weighted by atomic mass is 16.1. The minimum atomic E-state index is -0.350. The molecule has 0 aliphatic carbocycles. The van der Waals surface area contributed by atoms with Gasteiger partial charge in [-0.15, -0.1) is 0 Å². The van der Waals surface area contributed by atoms with Crippen molar-refractivity contribution < 1.29 is 4.79 Å². The molecule has 0 fully saturated rings. The second-order valence-electron chi connectivity index (χ2n) is 3.56. The lowest BCUT2D eigenvalue weighted by molar-refractivity contribution is 0.100. The van der Waals surface area contributed by atoms with E-state index >= 15 is 0 Å². The molecule has 2 N–H and O–H groups in total. The lowest BCUT2D eigenvalue weighted by Gasteiger charge is -2.01. The van der Waals surface area contributed by atoms with Gasteiger partial charge in [0.15, 0.2) is 0 Å². The summed E-state index contributed by atoms with van der Waals surface area (Å²) in [5, 5.41) is 0. The van der Waals surface area contributed by atoms with Gasteiger partial charge >= 0.3 is 0 Å². The molecule has 0 aliphatic heterocycles. The van der Waals surface area contributed by atoms with Crippen LogP contribution in [0.1, 0.15) is 43.0 Å². The SMILES string of the molecule is CCCCCCn1ccc(C(N)=O)c1. The van der Waals surface area contributed by atoms with E-state index < -0.39 is 0 Å². The second-order valence-corrected chi connectivity index (χ2v) is 3.56. The molecule has 0 atom stereocenters. The largest absolute Gasteiger partial charge is 0.366 e. The van der Waals surface area contributed by atoms with Gasteiger partial charge in [0, 0.05) is 18.9 Å². The number of aryl methyl sites for hydroxylation is 1. The maximum Gasteiger partial charge on any atom is 0.250 e. The fraction of sp³-hybridized carbons (Fsp3) is 0.545. The van der Waals surface area contributed by atoms with E-state index in [1.54, 1.807) is 6.07 Å². The number of carbonyl (C=O) groups excluding carboxylic acids is 1. The number of hydrogen-bond acceptors (Lipinski definition) is 1. The molecular weight excluding hydrogens is 176 g/mol. The van der Waals surface area contributed by atoms with E-state index in [9.17, 15) is 4.79 Å². The molecule has 1 rings (SSSR count). The van der Waals surface area contributed by atoms with Crippen molar-refractivity contribution in [3.63, 3.8) is 0 Å². The van der Waals surface area contributed by atoms with Crippen LogP contribution in [0.5, 0.6) is 0 Å². The minimum Gasteiger partial charge on any atom is -0.366 e. The Morgan fingerprint density at radius 1 is 1.43 bits per heavy atom. The number of rotatable bonds is 6. The topological polar surface area (TPSA) is 48.0 Å². The van der Waals surface area contributed by atoms with Gasteiger partial charge in [0.2, 0.25) is 5.91 Å². The predicted octanol–water partition coefficient (Wildman–Crippen LogP) is 2.17. The third-order valence-electron chi connectivity index (χ3n) is 2.30. The maximum absolute atomic E-state index is 10.8. The van der Waals surface area contributed by atoms with Crippen LogP contribution in [0, 0.1) is 0 Å². The monoisotopic (exact) mass is 194 g/mol. The summed E-state index contributed by atoms with van der Waals surface area (Å²) < 4.78 is 2.02. The van der Waals surface area contributed by atoms with Gasteiger partial charge in [0.05, 0.1) is 5.56 Å². The molecular formula is C11H18N2O. The normalized spacial score (nSPS) is 10.4. The summed E-state index contributed by atoms with van der Waals surface area (Å²) in [6.07, 6.45) is 8.67. The average Bonchev–Trinajstić information content (AvgIpc) is 2.61. The Morgan fingerprint density at radius 3 is 2.79 bits per heavy atom. The van der Waals surface area contributed by atoms with Crippen LogP contribution in [0.3, 0.4) is 0 Å². The number of carbonyl (C=O) groups is 1. The molecule has 0 aliphatic rings. The van der Waals surface area contributed by atoms with Crippen LogP contribution in [0.15, 0.2) is 18.5 Å². The van der Waals surface area contributed by atoms with Gasteiger partial charge in [0.1, 0.15) is 0 Å². The van der Waals surface area contributed by atoms with Crippen LogP contribution in [-0.2, 0) is 6.54 Å². The van der Waals surface area contributed by atoms with Crippen molar-refractivity contribution in [1.82, 2.24) is 4.57 Å². The van der Waals surface area contributed by atoms with E-state index in [4.69, 9.17) is 5.73 Å². The third-order valence-corrected chi connectivity index (χ3v) is 2.30. The number of nitrogens with two attached hydrogens (primary N) is 1. The van der Waals surface area contributed by atoms with E-state index in [1.807, 2.05) is 17.0 Å². The highest BCUT2D eigenvalue weighted by Gasteiger charge is 2.01. The van der Waals surface area contributed by atoms with Crippen LogP contribution in [0.25, 0.3) is 0 Å². The zero-order valence-corrected chi connectivity index (χ0v) is 8.70. The Balaban J connectivity index is 2.33. The van der Waals surface area contributed by atoms with E-state index in [0.29, 0.717) is 5.56 Å².